The summed E-state index contributed by atoms with van der Waals surface area (Å²) < 4.78 is 20.8. The van der Waals surface area contributed by atoms with Crippen LogP contribution in [0.25, 0.3) is 0 Å². The second kappa shape index (κ2) is 9.03. The van der Waals surface area contributed by atoms with Crippen molar-refractivity contribution in [2.24, 2.45) is 0 Å². The zero-order valence-corrected chi connectivity index (χ0v) is 15.9. The summed E-state index contributed by atoms with van der Waals surface area (Å²) >= 11 is 0. The van der Waals surface area contributed by atoms with E-state index >= 15 is 0 Å². The van der Waals surface area contributed by atoms with E-state index in [0.29, 0.717) is 24.6 Å². The molecule has 0 bridgehead atoms. The topological polar surface area (TPSA) is 68.2 Å². The van der Waals surface area contributed by atoms with Gasteiger partial charge in [-0.3, -0.25) is 0 Å². The van der Waals surface area contributed by atoms with Gasteiger partial charge in [0.05, 0.1) is 12.3 Å². The van der Waals surface area contributed by atoms with E-state index in [-0.39, 0.29) is 6.03 Å². The molecule has 7 heteroatoms. The van der Waals surface area contributed by atoms with Crippen LogP contribution in [0.4, 0.5) is 14.9 Å². The number of rotatable bonds is 7. The van der Waals surface area contributed by atoms with Gasteiger partial charge in [-0.1, -0.05) is 24.3 Å². The molecule has 0 unspecified atom stereocenters. The maximum absolute atomic E-state index is 13.4. The van der Waals surface area contributed by atoms with E-state index in [1.54, 1.807) is 13.1 Å². The minimum atomic E-state index is -0.417. The van der Waals surface area contributed by atoms with Crippen LogP contribution in [0.2, 0.25) is 0 Å². The number of benzene rings is 2. The van der Waals surface area contributed by atoms with Gasteiger partial charge in [0, 0.05) is 31.5 Å². The number of nitrogens with one attached hydrogen (secondary N) is 2. The molecular weight excluding hydrogens is 359 g/mol. The fraction of sp³-hybridized carbons (Fsp3) is 0.238. The quantitative estimate of drug-likeness (QED) is 0.646. The largest absolute Gasteiger partial charge is 0.492 e. The minimum Gasteiger partial charge on any atom is -0.492 e. The van der Waals surface area contributed by atoms with Crippen molar-refractivity contribution in [2.75, 3.05) is 11.9 Å². The number of imidazole rings is 1. The lowest BCUT2D eigenvalue weighted by Gasteiger charge is -2.13. The molecule has 0 saturated carbocycles. The molecule has 6 nitrogen and oxygen atoms in total. The lowest BCUT2D eigenvalue weighted by atomic mass is 10.1. The van der Waals surface area contributed by atoms with E-state index < -0.39 is 5.82 Å². The molecular formula is C21H23FN4O2. The lowest BCUT2D eigenvalue weighted by molar-refractivity contribution is 0.251. The average molecular weight is 382 g/mol. The van der Waals surface area contributed by atoms with E-state index in [2.05, 4.69) is 20.2 Å². The molecule has 0 atom stereocenters. The zero-order chi connectivity index (χ0) is 19.9. The maximum atomic E-state index is 13.4. The summed E-state index contributed by atoms with van der Waals surface area (Å²) in [6.07, 6.45) is 3.71. The summed E-state index contributed by atoms with van der Waals surface area (Å²) in [7, 11) is 0. The highest BCUT2D eigenvalue weighted by Gasteiger charge is 2.09. The predicted molar refractivity (Wildman–Crippen MR) is 106 cm³/mol. The van der Waals surface area contributed by atoms with Gasteiger partial charge in [0.15, 0.2) is 0 Å². The molecule has 3 rings (SSSR count). The smallest absolute Gasteiger partial charge is 0.319 e. The molecule has 0 fully saturated rings. The molecule has 0 spiro atoms. The monoisotopic (exact) mass is 382 g/mol. The number of halogens is 1. The van der Waals surface area contributed by atoms with E-state index in [9.17, 15) is 9.18 Å². The molecule has 0 aliphatic carbocycles. The van der Waals surface area contributed by atoms with Crippen LogP contribution in [0.15, 0.2) is 54.9 Å². The summed E-state index contributed by atoms with van der Waals surface area (Å²) in [6.45, 7) is 5.23. The Hall–Kier alpha value is -3.35. The summed E-state index contributed by atoms with van der Waals surface area (Å²) in [5, 5.41) is 5.51. The molecule has 2 N–H and O–H groups in total. The van der Waals surface area contributed by atoms with E-state index in [1.807, 2.05) is 37.4 Å². The van der Waals surface area contributed by atoms with Gasteiger partial charge < -0.3 is 19.9 Å². The van der Waals surface area contributed by atoms with Crippen LogP contribution >= 0.6 is 0 Å². The third kappa shape index (κ3) is 5.09. The van der Waals surface area contributed by atoms with Gasteiger partial charge in [0.1, 0.15) is 17.4 Å². The molecule has 146 valence electrons. The molecule has 2 amide bonds. The Kier molecular flexibility index (Phi) is 6.26. The SMILES string of the molecule is CCOc1cc(F)ccc1NC(=O)NCc1cccc(Cn2ccnc2C)c1. The lowest BCUT2D eigenvalue weighted by Crippen LogP contribution is -2.28. The highest BCUT2D eigenvalue weighted by molar-refractivity contribution is 5.90. The summed E-state index contributed by atoms with van der Waals surface area (Å²) in [4.78, 5) is 16.5. The van der Waals surface area contributed by atoms with Crippen LogP contribution in [-0.2, 0) is 13.1 Å². The number of urea groups is 1. The fourth-order valence-electron chi connectivity index (χ4n) is 2.83. The van der Waals surface area contributed by atoms with Gasteiger partial charge in [0.2, 0.25) is 0 Å². The number of nitrogens with zero attached hydrogens (tertiary/aromatic N) is 2. The van der Waals surface area contributed by atoms with Crippen LogP contribution < -0.4 is 15.4 Å². The van der Waals surface area contributed by atoms with Crippen molar-refractivity contribution in [3.8, 4) is 5.75 Å². The van der Waals surface area contributed by atoms with Crippen molar-refractivity contribution in [2.45, 2.75) is 26.9 Å². The number of amides is 2. The van der Waals surface area contributed by atoms with Crippen LogP contribution in [0, 0.1) is 12.7 Å². The van der Waals surface area contributed by atoms with Crippen molar-refractivity contribution in [1.29, 1.82) is 0 Å². The van der Waals surface area contributed by atoms with Gasteiger partial charge in [-0.15, -0.1) is 0 Å². The maximum Gasteiger partial charge on any atom is 0.319 e. The molecule has 0 aliphatic rings. The number of aryl methyl sites for hydroxylation is 1. The third-order valence-electron chi connectivity index (χ3n) is 4.21. The second-order valence-corrected chi connectivity index (χ2v) is 6.30. The average Bonchev–Trinajstić information content (AvgIpc) is 3.07. The number of anilines is 1. The van der Waals surface area contributed by atoms with Gasteiger partial charge in [0.25, 0.3) is 0 Å². The van der Waals surface area contributed by atoms with Crippen molar-refractivity contribution < 1.29 is 13.9 Å². The summed E-state index contributed by atoms with van der Waals surface area (Å²) in [6, 6.07) is 11.6. The van der Waals surface area contributed by atoms with Gasteiger partial charge in [-0.25, -0.2) is 14.2 Å². The molecule has 1 heterocycles. The first kappa shape index (κ1) is 19.4. The highest BCUT2D eigenvalue weighted by Crippen LogP contribution is 2.25. The molecule has 1 aromatic heterocycles. The van der Waals surface area contributed by atoms with Crippen LogP contribution in [0.5, 0.6) is 5.75 Å². The second-order valence-electron chi connectivity index (χ2n) is 6.30. The predicted octanol–water partition coefficient (Wildman–Crippen LogP) is 4.10. The van der Waals surface area contributed by atoms with Crippen molar-refractivity contribution in [1.82, 2.24) is 14.9 Å². The van der Waals surface area contributed by atoms with Crippen molar-refractivity contribution >= 4 is 11.7 Å². The van der Waals surface area contributed by atoms with Gasteiger partial charge >= 0.3 is 6.03 Å². The zero-order valence-electron chi connectivity index (χ0n) is 15.9. The van der Waals surface area contributed by atoms with Crippen molar-refractivity contribution in [3.05, 3.63) is 77.6 Å². The first-order valence-corrected chi connectivity index (χ1v) is 9.08. The van der Waals surface area contributed by atoms with Crippen LogP contribution in [0.3, 0.4) is 0 Å². The summed E-state index contributed by atoms with van der Waals surface area (Å²) in [5.41, 5.74) is 2.53. The standard InChI is InChI=1S/C21H23FN4O2/c1-3-28-20-12-18(22)7-8-19(20)25-21(27)24-13-16-5-4-6-17(11-16)14-26-10-9-23-15(26)2/h4-12H,3,13-14H2,1-2H3,(H2,24,25,27). The number of carbonyl (C=O) groups is 1. The number of carbonyl (C=O) groups excluding carboxylic acids is 1. The first-order chi connectivity index (χ1) is 13.5. The highest BCUT2D eigenvalue weighted by atomic mass is 19.1. The Balaban J connectivity index is 1.59. The first-order valence-electron chi connectivity index (χ1n) is 9.08. The minimum absolute atomic E-state index is 0.301. The van der Waals surface area contributed by atoms with E-state index in [1.165, 1.54) is 18.2 Å². The Morgan fingerprint density at radius 1 is 1.21 bits per heavy atom. The number of ether oxygens (including phenoxy) is 1. The fourth-order valence-corrected chi connectivity index (χ4v) is 2.83. The van der Waals surface area contributed by atoms with Crippen molar-refractivity contribution in [3.63, 3.8) is 0 Å². The van der Waals surface area contributed by atoms with E-state index in [0.717, 1.165) is 23.5 Å². The normalized spacial score (nSPS) is 10.5. The Morgan fingerprint density at radius 3 is 2.79 bits per heavy atom. The molecule has 0 aliphatic heterocycles. The Morgan fingerprint density at radius 2 is 2.04 bits per heavy atom. The molecule has 2 aromatic carbocycles. The Bertz CT molecular complexity index is 955. The number of aromatic nitrogens is 2. The molecule has 3 aromatic rings. The van der Waals surface area contributed by atoms with Gasteiger partial charge in [-0.05, 0) is 37.1 Å². The number of hydrogen-bond acceptors (Lipinski definition) is 3. The van der Waals surface area contributed by atoms with Crippen LogP contribution in [-0.4, -0.2) is 22.2 Å². The van der Waals surface area contributed by atoms with Gasteiger partial charge in [-0.2, -0.15) is 0 Å². The molecule has 28 heavy (non-hydrogen) atoms. The molecule has 0 radical (unpaired) electrons. The van der Waals surface area contributed by atoms with Crippen LogP contribution in [0.1, 0.15) is 23.9 Å². The summed E-state index contributed by atoms with van der Waals surface area (Å²) in [5.74, 6) is 0.835. The Labute approximate surface area is 163 Å². The third-order valence-corrected chi connectivity index (χ3v) is 4.21. The van der Waals surface area contributed by atoms with E-state index in [4.69, 9.17) is 4.74 Å². The number of hydrogen-bond donors (Lipinski definition) is 2. The molecule has 0 saturated heterocycles.